The molecule has 2 aromatic carbocycles. The average Bonchev–Trinajstić information content (AvgIpc) is 3.90. The fraction of sp³-hybridized carbons (Fsp3) is 0.333. The van der Waals surface area contributed by atoms with Gasteiger partial charge >= 0.3 is 0 Å². The van der Waals surface area contributed by atoms with Crippen LogP contribution in [-0.2, 0) is 13.0 Å². The number of anilines is 2. The molecule has 0 spiro atoms. The van der Waals surface area contributed by atoms with Crippen molar-refractivity contribution in [3.8, 4) is 28.7 Å². The normalized spacial score (nSPS) is 15.8. The van der Waals surface area contributed by atoms with Gasteiger partial charge in [-0.1, -0.05) is 78.8 Å². The van der Waals surface area contributed by atoms with Crippen molar-refractivity contribution in [2.45, 2.75) is 64.3 Å². The number of aromatic nitrogens is 6. The van der Waals surface area contributed by atoms with Crippen LogP contribution in [0.1, 0.15) is 94.9 Å². The second-order valence-electron chi connectivity index (χ2n) is 16.2. The summed E-state index contributed by atoms with van der Waals surface area (Å²) in [7, 11) is 3.82. The van der Waals surface area contributed by atoms with Gasteiger partial charge < -0.3 is 23.8 Å². The summed E-state index contributed by atoms with van der Waals surface area (Å²) in [6.45, 7) is 1.18. The molecule has 0 saturated carbocycles. The minimum absolute atomic E-state index is 0.0455. The minimum Gasteiger partial charge on any atom is -0.489 e. The lowest BCUT2D eigenvalue weighted by molar-refractivity contribution is 0.0961. The zero-order valence-electron chi connectivity index (χ0n) is 36.0. The van der Waals surface area contributed by atoms with E-state index in [0.717, 1.165) is 69.5 Å². The Hall–Kier alpha value is -6.41. The molecule has 2 aliphatic rings. The van der Waals surface area contributed by atoms with E-state index in [4.69, 9.17) is 55.0 Å². The van der Waals surface area contributed by atoms with Gasteiger partial charge in [0.2, 0.25) is 16.9 Å². The van der Waals surface area contributed by atoms with Crippen molar-refractivity contribution in [2.75, 3.05) is 37.1 Å². The topological polar surface area (TPSA) is 165 Å². The predicted molar refractivity (Wildman–Crippen MR) is 254 cm³/mol. The first-order chi connectivity index (χ1) is 31.5. The highest BCUT2D eigenvalue weighted by Gasteiger charge is 2.29. The van der Waals surface area contributed by atoms with E-state index in [9.17, 15) is 14.9 Å². The Morgan fingerprint density at radius 2 is 1.49 bits per heavy atom. The first kappa shape index (κ1) is 45.2. The first-order valence-electron chi connectivity index (χ1n) is 21.5. The lowest BCUT2D eigenvalue weighted by atomic mass is 10.00. The van der Waals surface area contributed by atoms with E-state index in [-0.39, 0.29) is 40.9 Å². The van der Waals surface area contributed by atoms with Gasteiger partial charge in [0.1, 0.15) is 11.5 Å². The monoisotopic (exact) mass is 927 g/mol. The Bertz CT molecular complexity index is 2770. The summed E-state index contributed by atoms with van der Waals surface area (Å²) in [6, 6.07) is 24.8. The molecule has 0 saturated heterocycles. The standard InChI is InChI=1S/C48H46ClN9O5S2/c1-56-44-41(15-8-20-51-44)61-28-34(46(56)64)11-3-5-13-39(59)38-24-37(63-55-38)22-30-16-18-33(19-17-30)36-23-42-45(52-26-36)57(2)47(65)35(29-62-42)12-4-6-14-40(60)43-53-48(49)58(54-43)27-32-10-7-9-31(21-32)25-50/h7-10,15-21,23-24,26,34-35H,3-6,11-14,22,27-29H2,1-2H3. The number of rotatable bonds is 17. The molecule has 332 valence electrons. The van der Waals surface area contributed by atoms with Gasteiger partial charge in [-0.2, -0.15) is 10.2 Å². The Morgan fingerprint density at radius 3 is 2.22 bits per heavy atom. The second kappa shape index (κ2) is 20.6. The zero-order valence-corrected chi connectivity index (χ0v) is 38.4. The number of benzene rings is 2. The minimum atomic E-state index is -0.186. The van der Waals surface area contributed by atoms with Crippen molar-refractivity contribution < 1.29 is 23.6 Å². The average molecular weight is 929 g/mol. The molecule has 14 nitrogen and oxygen atoms in total. The number of carbonyl (C=O) groups excluding carboxylic acids is 2. The summed E-state index contributed by atoms with van der Waals surface area (Å²) in [5, 5.41) is 17.7. The Kier molecular flexibility index (Phi) is 14.3. The molecule has 0 fully saturated rings. The number of pyridine rings is 2. The SMILES string of the molecule is CN1C(=S)C(CCCCC(=O)c2cc(Cc3ccc(-c4cnc5c(c4)OCC(CCCCC(=O)c4nc(Cl)n(Cc6cccc(C#N)c6)n4)C(=S)N5C)cc3)on2)COc2cccnc21. The molecule has 0 aliphatic carbocycles. The molecule has 4 aromatic heterocycles. The maximum Gasteiger partial charge on any atom is 0.221 e. The van der Waals surface area contributed by atoms with Gasteiger partial charge in [0.05, 0.1) is 41.4 Å². The van der Waals surface area contributed by atoms with Crippen molar-refractivity contribution in [3.63, 3.8) is 0 Å². The van der Waals surface area contributed by atoms with E-state index in [0.29, 0.717) is 74.0 Å². The molecule has 6 heterocycles. The van der Waals surface area contributed by atoms with E-state index in [1.165, 1.54) is 4.68 Å². The number of unbranched alkanes of at least 4 members (excludes halogenated alkanes) is 2. The molecule has 2 atom stereocenters. The molecule has 65 heavy (non-hydrogen) atoms. The van der Waals surface area contributed by atoms with Crippen molar-refractivity contribution in [3.05, 3.63) is 124 Å². The fourth-order valence-electron chi connectivity index (χ4n) is 7.98. The van der Waals surface area contributed by atoms with Crippen molar-refractivity contribution in [2.24, 2.45) is 11.8 Å². The van der Waals surface area contributed by atoms with Crippen molar-refractivity contribution in [1.82, 2.24) is 29.9 Å². The molecule has 0 radical (unpaired) electrons. The molecular formula is C48H46ClN9O5S2. The van der Waals surface area contributed by atoms with Crippen molar-refractivity contribution >= 4 is 69.2 Å². The van der Waals surface area contributed by atoms with Crippen LogP contribution in [0.25, 0.3) is 11.1 Å². The molecule has 0 bridgehead atoms. The third-order valence-electron chi connectivity index (χ3n) is 11.6. The van der Waals surface area contributed by atoms with E-state index in [1.54, 1.807) is 30.5 Å². The van der Waals surface area contributed by atoms with Gasteiger partial charge in [-0.25, -0.2) is 14.6 Å². The number of halogens is 1. The van der Waals surface area contributed by atoms with Crippen molar-refractivity contribution in [1.29, 1.82) is 5.26 Å². The second-order valence-corrected chi connectivity index (χ2v) is 17.4. The number of hydrogen-bond acceptors (Lipinski definition) is 13. The van der Waals surface area contributed by atoms with Gasteiger partial charge in [0.15, 0.2) is 28.9 Å². The first-order valence-corrected chi connectivity index (χ1v) is 22.7. The molecule has 8 rings (SSSR count). The summed E-state index contributed by atoms with van der Waals surface area (Å²) in [5.41, 5.74) is 4.58. The largest absolute Gasteiger partial charge is 0.489 e. The summed E-state index contributed by atoms with van der Waals surface area (Å²) in [4.78, 5) is 44.7. The summed E-state index contributed by atoms with van der Waals surface area (Å²) < 4.78 is 19.4. The molecule has 0 amide bonds. The van der Waals surface area contributed by atoms with Crippen LogP contribution < -0.4 is 19.3 Å². The number of nitrogens with zero attached hydrogens (tertiary/aromatic N) is 9. The van der Waals surface area contributed by atoms with E-state index < -0.39 is 0 Å². The van der Waals surface area contributed by atoms with Crippen LogP contribution in [0.2, 0.25) is 5.28 Å². The van der Waals surface area contributed by atoms with Gasteiger partial charge in [-0.15, -0.1) is 5.10 Å². The predicted octanol–water partition coefficient (Wildman–Crippen LogP) is 9.32. The highest BCUT2D eigenvalue weighted by molar-refractivity contribution is 7.80. The van der Waals surface area contributed by atoms with Crippen LogP contribution in [-0.4, -0.2) is 78.7 Å². The van der Waals surface area contributed by atoms with Crippen LogP contribution in [0.4, 0.5) is 11.6 Å². The van der Waals surface area contributed by atoms with Crippen LogP contribution in [0.3, 0.4) is 0 Å². The fourth-order valence-corrected chi connectivity index (χ4v) is 8.71. The molecule has 17 heteroatoms. The van der Waals surface area contributed by atoms with Crippen LogP contribution in [0, 0.1) is 23.2 Å². The van der Waals surface area contributed by atoms with Gasteiger partial charge in [0.25, 0.3) is 0 Å². The number of ketones is 2. The molecular weight excluding hydrogens is 882 g/mol. The third kappa shape index (κ3) is 10.8. The smallest absolute Gasteiger partial charge is 0.221 e. The molecule has 0 N–H and O–H groups in total. The van der Waals surface area contributed by atoms with E-state index in [1.807, 2.05) is 78.6 Å². The summed E-state index contributed by atoms with van der Waals surface area (Å²) in [5.74, 6) is 3.22. The number of ether oxygens (including phenoxy) is 2. The number of thiocarbonyl (C=S) groups is 2. The molecule has 6 aromatic rings. The van der Waals surface area contributed by atoms with Gasteiger partial charge in [-0.05, 0) is 84.3 Å². The van der Waals surface area contributed by atoms with E-state index >= 15 is 0 Å². The van der Waals surface area contributed by atoms with Gasteiger partial charge in [0, 0.05) is 69.2 Å². The molecule has 2 aliphatic heterocycles. The number of hydrogen-bond donors (Lipinski definition) is 0. The maximum absolute atomic E-state index is 13.0. The highest BCUT2D eigenvalue weighted by atomic mass is 35.5. The van der Waals surface area contributed by atoms with Gasteiger partial charge in [-0.3, -0.25) is 9.59 Å². The van der Waals surface area contributed by atoms with Crippen LogP contribution >= 0.6 is 36.0 Å². The van der Waals surface area contributed by atoms with Crippen LogP contribution in [0.5, 0.6) is 11.5 Å². The molecule has 2 unspecified atom stereocenters. The zero-order chi connectivity index (χ0) is 45.5. The quantitative estimate of drug-likeness (QED) is 0.0482. The number of Topliss-reactive ketones (excluding diaryl/α,β-unsaturated/α-hetero) is 2. The summed E-state index contributed by atoms with van der Waals surface area (Å²) in [6.07, 6.45) is 9.12. The lowest BCUT2D eigenvalue weighted by Gasteiger charge is -2.22. The summed E-state index contributed by atoms with van der Waals surface area (Å²) >= 11 is 17.9. The number of nitriles is 1. The lowest BCUT2D eigenvalue weighted by Crippen LogP contribution is -2.32. The Labute approximate surface area is 392 Å². The Balaban J connectivity index is 0.781. The highest BCUT2D eigenvalue weighted by Crippen LogP contribution is 2.36. The third-order valence-corrected chi connectivity index (χ3v) is 13.1. The van der Waals surface area contributed by atoms with Crippen LogP contribution in [0.15, 0.2) is 89.7 Å². The van der Waals surface area contributed by atoms with E-state index in [2.05, 4.69) is 26.3 Å². The maximum atomic E-state index is 13.0. The number of fused-ring (bicyclic) bond motifs is 2. The Morgan fingerprint density at radius 1 is 0.800 bits per heavy atom. The number of carbonyl (C=O) groups is 2.